The molecule has 0 radical (unpaired) electrons. The lowest BCUT2D eigenvalue weighted by molar-refractivity contribution is -0.438. The molecule has 5 heterocycles. The third-order valence-corrected chi connectivity index (χ3v) is 22.8. The van der Waals surface area contributed by atoms with Gasteiger partial charge in [0.15, 0.2) is 11.5 Å². The number of hydrogen-bond acceptors (Lipinski definition) is 23. The Morgan fingerprint density at radius 1 is 0.680 bits per heavy atom. The summed E-state index contributed by atoms with van der Waals surface area (Å²) in [6.07, 6.45) is 13.5. The molecule has 2 aliphatic heterocycles. The molecule has 0 unspecified atom stereocenters. The van der Waals surface area contributed by atoms with Gasteiger partial charge in [-0.2, -0.15) is 38.2 Å². The Morgan fingerprint density at radius 3 is 1.98 bits per heavy atom. The fourth-order valence-electron chi connectivity index (χ4n) is 12.3. The number of nitrogens with zero attached hydrogens (tertiary/aromatic N) is 6. The summed E-state index contributed by atoms with van der Waals surface area (Å²) in [6, 6.07) is 19.3. The van der Waals surface area contributed by atoms with E-state index in [2.05, 4.69) is 30.4 Å². The molecule has 0 bridgehead atoms. The summed E-state index contributed by atoms with van der Waals surface area (Å²) >= 11 is 0.709. The van der Waals surface area contributed by atoms with Crippen molar-refractivity contribution in [3.63, 3.8) is 0 Å². The van der Waals surface area contributed by atoms with Crippen molar-refractivity contribution in [3.05, 3.63) is 160 Å². The zero-order chi connectivity index (χ0) is 75.8. The number of fused-ring (bicyclic) bond motifs is 6. The second-order valence-corrected chi connectivity index (χ2v) is 34.2. The van der Waals surface area contributed by atoms with Gasteiger partial charge in [-0.1, -0.05) is 63.2 Å². The van der Waals surface area contributed by atoms with Crippen molar-refractivity contribution in [1.29, 1.82) is 0 Å². The molecule has 4 aromatic carbocycles. The summed E-state index contributed by atoms with van der Waals surface area (Å²) in [5.41, 5.74) is 3.49. The smallest absolute Gasteiger partial charge is 0.352 e. The van der Waals surface area contributed by atoms with Crippen LogP contribution in [0, 0.1) is 0 Å². The number of benzene rings is 4. The minimum atomic E-state index is -5.10. The van der Waals surface area contributed by atoms with E-state index in [1.165, 1.54) is 36.7 Å². The number of hydrogen-bond donors (Lipinski definition) is 7. The molecule has 37 heteroatoms. The predicted molar refractivity (Wildman–Crippen MR) is 381 cm³/mol. The molecule has 30 nitrogen and oxygen atoms in total. The average molecular weight is 1550 g/mol. The number of nitrogens with one attached hydrogen (secondary N) is 2. The molecule has 550 valence electrons. The summed E-state index contributed by atoms with van der Waals surface area (Å²) in [5, 5.41) is 19.4. The van der Waals surface area contributed by atoms with Crippen LogP contribution in [0.5, 0.6) is 0 Å². The number of unbranched alkanes of at least 4 members (excludes halogenated alkanes) is 3. The number of carbonyl (C=O) groups excluding carboxylic acids is 4. The van der Waals surface area contributed by atoms with Crippen LogP contribution in [0.15, 0.2) is 140 Å². The van der Waals surface area contributed by atoms with Gasteiger partial charge in [-0.3, -0.25) is 47.4 Å². The van der Waals surface area contributed by atoms with Crippen LogP contribution in [0.1, 0.15) is 147 Å². The van der Waals surface area contributed by atoms with E-state index in [4.69, 9.17) is 22.7 Å². The Balaban J connectivity index is 0.00000327. The van der Waals surface area contributed by atoms with E-state index >= 15 is 0 Å². The Hall–Kier alpha value is -8.60. The van der Waals surface area contributed by atoms with Crippen molar-refractivity contribution in [2.24, 2.45) is 5.14 Å². The highest BCUT2D eigenvalue weighted by molar-refractivity contribution is 7.91. The lowest BCUT2D eigenvalue weighted by Crippen LogP contribution is -2.28. The second-order valence-electron chi connectivity index (χ2n) is 25.2. The number of sulfonamides is 1. The van der Waals surface area contributed by atoms with E-state index < -0.39 is 93.4 Å². The van der Waals surface area contributed by atoms with Crippen LogP contribution < -0.4 is 20.7 Å². The number of carbonyl (C=O) groups is 4. The number of anilines is 1. The number of allylic oxidation sites excluding steroid dienone is 6. The fourth-order valence-corrected chi connectivity index (χ4v) is 16.2. The van der Waals surface area contributed by atoms with Gasteiger partial charge in [-0.15, -0.1) is 22.8 Å². The molecule has 8 N–H and O–H groups in total. The molecule has 0 saturated heterocycles. The number of primary sulfonamides is 1. The van der Waals surface area contributed by atoms with Crippen LogP contribution in [-0.2, 0) is 94.5 Å². The number of pyridine rings is 2. The normalized spacial score (nSPS) is 15.0. The van der Waals surface area contributed by atoms with Gasteiger partial charge >= 0.3 is 10.6 Å². The van der Waals surface area contributed by atoms with Crippen molar-refractivity contribution in [2.75, 3.05) is 30.3 Å². The molecular weight excluding hydrogens is 1480 g/mol. The van der Waals surface area contributed by atoms with E-state index in [9.17, 15) is 79.5 Å². The zero-order valence-electron chi connectivity index (χ0n) is 56.1. The maximum Gasteiger partial charge on any atom is 0.425 e. The molecule has 0 aliphatic carbocycles. The Labute approximate surface area is 600 Å². The van der Waals surface area contributed by atoms with E-state index in [0.717, 1.165) is 41.3 Å². The maximum absolute atomic E-state index is 13.7. The Morgan fingerprint density at radius 2 is 1.36 bits per heavy atom. The molecule has 0 fully saturated rings. The van der Waals surface area contributed by atoms with Gasteiger partial charge in [-0.25, -0.2) is 13.6 Å². The zero-order valence-corrected chi connectivity index (χ0v) is 61.8. The van der Waals surface area contributed by atoms with Crippen LogP contribution in [0.2, 0.25) is 0 Å². The van der Waals surface area contributed by atoms with E-state index in [1.807, 2.05) is 45.1 Å². The minimum Gasteiger partial charge on any atom is -0.352 e. The standard InChI is InChI=1S/C66H73N9O18S6.O3S/c1-6-7-31-74-53-26-19-41-17-23-47(97(85,86)87)35-50(41)61(53)65(2,3)57(74)28-20-42(21-29-58-66(4,5)62-51-36-48(98(88,89)90)37-56(99(91,92)93)49(51)24-27-54(62)75(58)32-12-33-95(80,81)82)52-25-18-44(39-70-52)63(79)68-30-10-8-9-15-59(78)71-40-45-22-16-43(38-69-45)55(77)14-11-13-46(76)34-60-72-73-64(94-60)96(67,83)84;1-4(2)3/h16-29,35-39H,6-15,30-34,40H2,1-5H3,(H7-,67,68,71,78,79,80,81,82,83,84,85,86,87,88,89,90,91,92,93);/p+1. The number of Topliss-reactive ketones (excluding diaryl/α,β-unsaturated/α-hetero) is 2. The van der Waals surface area contributed by atoms with Gasteiger partial charge in [0.2, 0.25) is 15.9 Å². The van der Waals surface area contributed by atoms with Gasteiger partial charge in [0.25, 0.3) is 56.4 Å². The third kappa shape index (κ3) is 20.2. The summed E-state index contributed by atoms with van der Waals surface area (Å²) in [6.45, 7) is 10.5. The van der Waals surface area contributed by atoms with Gasteiger partial charge in [0.1, 0.15) is 22.2 Å². The quantitative estimate of drug-likeness (QED) is 0.00724. The first-order chi connectivity index (χ1) is 48.1. The van der Waals surface area contributed by atoms with Crippen LogP contribution in [0.3, 0.4) is 0 Å². The summed E-state index contributed by atoms with van der Waals surface area (Å²) in [4.78, 5) is 60.5. The predicted octanol–water partition coefficient (Wildman–Crippen LogP) is 7.57. The van der Waals surface area contributed by atoms with Crippen LogP contribution in [0.25, 0.3) is 27.1 Å². The lowest BCUT2D eigenvalue weighted by Gasteiger charge is -2.27. The van der Waals surface area contributed by atoms with Crippen molar-refractivity contribution in [3.8, 4) is 0 Å². The van der Waals surface area contributed by atoms with Crippen molar-refractivity contribution in [2.45, 2.75) is 142 Å². The maximum atomic E-state index is 13.7. The summed E-state index contributed by atoms with van der Waals surface area (Å²) < 4.78 is 191. The highest BCUT2D eigenvalue weighted by atomic mass is 32.3. The van der Waals surface area contributed by atoms with Crippen LogP contribution >= 0.6 is 11.3 Å². The highest BCUT2D eigenvalue weighted by Gasteiger charge is 2.46. The van der Waals surface area contributed by atoms with Gasteiger partial charge < -0.3 is 15.5 Å². The molecule has 103 heavy (non-hydrogen) atoms. The van der Waals surface area contributed by atoms with Crippen LogP contribution in [-0.4, -0.2) is 152 Å². The van der Waals surface area contributed by atoms with E-state index in [1.54, 1.807) is 61.2 Å². The number of ketones is 2. The molecule has 0 spiro atoms. The first-order valence-electron chi connectivity index (χ1n) is 31.8. The summed E-state index contributed by atoms with van der Waals surface area (Å²) in [5.74, 6) is -1.79. The van der Waals surface area contributed by atoms with Gasteiger partial charge in [0.05, 0.1) is 50.9 Å². The molecule has 7 aromatic rings. The first-order valence-corrected chi connectivity index (χ1v) is 41.1. The van der Waals surface area contributed by atoms with Crippen molar-refractivity contribution >= 4 is 140 Å². The molecule has 2 amide bonds. The van der Waals surface area contributed by atoms with Crippen molar-refractivity contribution < 1.29 is 96.7 Å². The topological polar surface area (TPSA) is 479 Å². The number of nitrogens with two attached hydrogens (primary N) is 1. The third-order valence-electron chi connectivity index (χ3n) is 17.1. The number of aromatic nitrogens is 4. The molecule has 0 atom stereocenters. The summed E-state index contributed by atoms with van der Waals surface area (Å²) in [7, 11) is -26.4. The molecular formula is C66H74N9O21S7+. The van der Waals surface area contributed by atoms with Crippen molar-refractivity contribution in [1.82, 2.24) is 30.8 Å². The second kappa shape index (κ2) is 32.6. The molecule has 3 aromatic heterocycles. The fraction of sp³-hybridized carbons (Fsp3) is 0.348. The number of rotatable bonds is 31. The molecule has 9 rings (SSSR count). The minimum absolute atomic E-state index is 0.0282. The SMILES string of the molecule is CCCC[N+]1=C(/C=C/C(=C/C=C2/N(CCCS(=O)(=O)O)c3ccc4c(S(=O)(=O)O)cc(S(=O)(=O)O)cc4c3C2(C)C)c2ccc(C(=O)NCCCCCC(=O)NCc3ccc(C(=O)CCCC(=O)Cc4nnc(S(N)(=O)=O)s4)cn3)cn2)C(C)(C)c2c1ccc1ccc(S(=O)(=O)O)cc21.O=S(=O)=O. The van der Waals surface area contributed by atoms with Gasteiger partial charge in [0, 0.05) is 102 Å². The average Bonchev–Trinajstić information content (AvgIpc) is 1.59. The molecule has 2 aliphatic rings. The molecule has 0 saturated carbocycles. The lowest BCUT2D eigenvalue weighted by atomic mass is 9.79. The Kier molecular flexibility index (Phi) is 25.3. The Bertz CT molecular complexity index is 5370. The highest BCUT2D eigenvalue weighted by Crippen LogP contribution is 2.52. The van der Waals surface area contributed by atoms with E-state index in [-0.39, 0.29) is 106 Å². The monoisotopic (exact) mass is 1550 g/mol. The number of amides is 2. The van der Waals surface area contributed by atoms with E-state index in [0.29, 0.717) is 88.1 Å². The largest absolute Gasteiger partial charge is 0.425 e. The van der Waals surface area contributed by atoms with Gasteiger partial charge in [-0.05, 0) is 134 Å². The van der Waals surface area contributed by atoms with Crippen LogP contribution in [0.4, 0.5) is 11.4 Å². The first kappa shape index (κ1) is 80.1.